The van der Waals surface area contributed by atoms with Crippen LogP contribution in [-0.2, 0) is 14.4 Å². The molecule has 25 heavy (non-hydrogen) atoms. The number of nitrogens with one attached hydrogen (secondary N) is 2. The summed E-state index contributed by atoms with van der Waals surface area (Å²) in [5.74, 6) is -2.61. The summed E-state index contributed by atoms with van der Waals surface area (Å²) >= 11 is 0. The van der Waals surface area contributed by atoms with Gasteiger partial charge in [-0.25, -0.2) is 19.4 Å². The summed E-state index contributed by atoms with van der Waals surface area (Å²) in [7, 11) is 1.46. The largest absolute Gasteiger partial charge is 0.497 e. The molecular formula is C15H16N4O6. The summed E-state index contributed by atoms with van der Waals surface area (Å²) in [5.41, 5.74) is 0.163. The maximum atomic E-state index is 12.3. The van der Waals surface area contributed by atoms with Crippen LogP contribution in [0.1, 0.15) is 6.92 Å². The van der Waals surface area contributed by atoms with Crippen molar-refractivity contribution in [1.82, 2.24) is 15.5 Å². The van der Waals surface area contributed by atoms with Gasteiger partial charge in [0.15, 0.2) is 0 Å². The summed E-state index contributed by atoms with van der Waals surface area (Å²) < 4.78 is 4.98. The molecule has 0 saturated carbocycles. The maximum absolute atomic E-state index is 12.3. The highest BCUT2D eigenvalue weighted by Crippen LogP contribution is 2.24. The molecule has 1 aromatic rings. The second kappa shape index (κ2) is 7.43. The van der Waals surface area contributed by atoms with E-state index in [1.54, 1.807) is 6.92 Å². The lowest BCUT2D eigenvalue weighted by atomic mass is 10.3. The van der Waals surface area contributed by atoms with E-state index in [0.29, 0.717) is 22.1 Å². The standard InChI is InChI=1S/C15H16N4O6/c1-3-16-14(23)17-11(20)8-18-12(21)13(22)19(15(18)24)9-4-6-10(25-2)7-5-9/h4-7H,3,8H2,1-2H3,(H2,16,17,20,23). The minimum Gasteiger partial charge on any atom is -0.497 e. The van der Waals surface area contributed by atoms with Gasteiger partial charge in [0.25, 0.3) is 0 Å². The highest BCUT2D eigenvalue weighted by Gasteiger charge is 2.46. The molecule has 1 heterocycles. The lowest BCUT2D eigenvalue weighted by molar-refractivity contribution is -0.140. The van der Waals surface area contributed by atoms with Crippen LogP contribution in [0.4, 0.5) is 15.3 Å². The zero-order valence-electron chi connectivity index (χ0n) is 13.6. The van der Waals surface area contributed by atoms with Gasteiger partial charge in [0.05, 0.1) is 12.8 Å². The van der Waals surface area contributed by atoms with E-state index in [0.717, 1.165) is 0 Å². The van der Waals surface area contributed by atoms with Crippen LogP contribution in [0.2, 0.25) is 0 Å². The number of imide groups is 3. The van der Waals surface area contributed by atoms with Gasteiger partial charge in [-0.05, 0) is 31.2 Å². The molecule has 132 valence electrons. The fourth-order valence-electron chi connectivity index (χ4n) is 2.12. The van der Waals surface area contributed by atoms with E-state index in [1.165, 1.54) is 31.4 Å². The van der Waals surface area contributed by atoms with Crippen molar-refractivity contribution in [1.29, 1.82) is 0 Å². The molecule has 10 heteroatoms. The number of ether oxygens (including phenoxy) is 1. The lowest BCUT2D eigenvalue weighted by Crippen LogP contribution is -2.46. The Hall–Kier alpha value is -3.43. The number of anilines is 1. The van der Waals surface area contributed by atoms with Crippen LogP contribution in [0.3, 0.4) is 0 Å². The molecule has 0 bridgehead atoms. The first-order chi connectivity index (χ1) is 11.9. The van der Waals surface area contributed by atoms with Gasteiger partial charge in [0.1, 0.15) is 12.3 Å². The molecule has 1 aliphatic heterocycles. The topological polar surface area (TPSA) is 125 Å². The van der Waals surface area contributed by atoms with Crippen molar-refractivity contribution in [3.05, 3.63) is 24.3 Å². The molecule has 10 nitrogen and oxygen atoms in total. The first kappa shape index (κ1) is 17.9. The van der Waals surface area contributed by atoms with Gasteiger partial charge >= 0.3 is 23.9 Å². The molecule has 1 aliphatic rings. The number of nitrogens with zero attached hydrogens (tertiary/aromatic N) is 2. The second-order valence-electron chi connectivity index (χ2n) is 4.92. The Labute approximate surface area is 142 Å². The Morgan fingerprint density at radius 2 is 1.72 bits per heavy atom. The number of carbonyl (C=O) groups excluding carboxylic acids is 5. The van der Waals surface area contributed by atoms with E-state index in [4.69, 9.17) is 4.74 Å². The van der Waals surface area contributed by atoms with Gasteiger partial charge in [-0.3, -0.25) is 19.7 Å². The minimum atomic E-state index is -1.15. The van der Waals surface area contributed by atoms with Crippen LogP contribution in [0.25, 0.3) is 0 Å². The Morgan fingerprint density at radius 1 is 1.08 bits per heavy atom. The average Bonchev–Trinajstić information content (AvgIpc) is 2.79. The molecule has 7 amide bonds. The molecule has 0 spiro atoms. The summed E-state index contributed by atoms with van der Waals surface area (Å²) in [6.45, 7) is 1.21. The zero-order chi connectivity index (χ0) is 18.6. The molecule has 0 aliphatic carbocycles. The van der Waals surface area contributed by atoms with Crippen LogP contribution in [0.15, 0.2) is 24.3 Å². The molecule has 0 atom stereocenters. The van der Waals surface area contributed by atoms with Gasteiger partial charge in [-0.1, -0.05) is 0 Å². The van der Waals surface area contributed by atoms with Crippen molar-refractivity contribution >= 4 is 35.5 Å². The van der Waals surface area contributed by atoms with Crippen LogP contribution in [-0.4, -0.2) is 54.9 Å². The number of carbonyl (C=O) groups is 5. The van der Waals surface area contributed by atoms with E-state index in [2.05, 4.69) is 5.32 Å². The quantitative estimate of drug-likeness (QED) is 0.562. The predicted molar refractivity (Wildman–Crippen MR) is 84.8 cm³/mol. The van der Waals surface area contributed by atoms with E-state index in [9.17, 15) is 24.0 Å². The fraction of sp³-hybridized carbons (Fsp3) is 0.267. The third kappa shape index (κ3) is 3.74. The Bertz CT molecular complexity index is 730. The monoisotopic (exact) mass is 348 g/mol. The Kier molecular flexibility index (Phi) is 5.32. The lowest BCUT2D eigenvalue weighted by Gasteiger charge is -2.15. The van der Waals surface area contributed by atoms with Gasteiger partial charge < -0.3 is 10.1 Å². The van der Waals surface area contributed by atoms with Crippen molar-refractivity contribution < 1.29 is 28.7 Å². The van der Waals surface area contributed by atoms with Crippen LogP contribution in [0, 0.1) is 0 Å². The summed E-state index contributed by atoms with van der Waals surface area (Å²) in [6.07, 6.45) is 0. The second-order valence-corrected chi connectivity index (χ2v) is 4.92. The molecule has 1 aromatic carbocycles. The average molecular weight is 348 g/mol. The summed E-state index contributed by atoms with van der Waals surface area (Å²) in [6, 6.07) is 4.17. The summed E-state index contributed by atoms with van der Waals surface area (Å²) in [4.78, 5) is 60.5. The van der Waals surface area contributed by atoms with Crippen molar-refractivity contribution in [2.24, 2.45) is 0 Å². The Balaban J connectivity index is 2.12. The van der Waals surface area contributed by atoms with Gasteiger partial charge in [0, 0.05) is 6.54 Å². The molecule has 2 N–H and O–H groups in total. The minimum absolute atomic E-state index is 0.163. The molecule has 0 radical (unpaired) electrons. The van der Waals surface area contributed by atoms with Gasteiger partial charge in [0.2, 0.25) is 5.91 Å². The first-order valence-corrected chi connectivity index (χ1v) is 7.30. The highest BCUT2D eigenvalue weighted by atomic mass is 16.5. The van der Waals surface area contributed by atoms with Crippen molar-refractivity contribution in [3.63, 3.8) is 0 Å². The normalized spacial score (nSPS) is 13.9. The van der Waals surface area contributed by atoms with E-state index < -0.39 is 36.3 Å². The van der Waals surface area contributed by atoms with Crippen LogP contribution < -0.4 is 20.3 Å². The number of benzene rings is 1. The van der Waals surface area contributed by atoms with E-state index in [1.807, 2.05) is 5.32 Å². The molecule has 1 fully saturated rings. The molecule has 1 saturated heterocycles. The fourth-order valence-corrected chi connectivity index (χ4v) is 2.12. The Morgan fingerprint density at radius 3 is 2.28 bits per heavy atom. The number of methoxy groups -OCH3 is 1. The van der Waals surface area contributed by atoms with Crippen LogP contribution in [0.5, 0.6) is 5.75 Å². The van der Waals surface area contributed by atoms with Crippen molar-refractivity contribution in [2.45, 2.75) is 6.92 Å². The number of amides is 7. The van der Waals surface area contributed by atoms with Crippen molar-refractivity contribution in [3.8, 4) is 5.75 Å². The third-order valence-corrected chi connectivity index (χ3v) is 3.28. The van der Waals surface area contributed by atoms with E-state index >= 15 is 0 Å². The maximum Gasteiger partial charge on any atom is 0.339 e. The number of urea groups is 2. The first-order valence-electron chi connectivity index (χ1n) is 7.30. The van der Waals surface area contributed by atoms with Crippen LogP contribution >= 0.6 is 0 Å². The zero-order valence-corrected chi connectivity index (χ0v) is 13.6. The number of hydrogen-bond acceptors (Lipinski definition) is 6. The smallest absolute Gasteiger partial charge is 0.339 e. The van der Waals surface area contributed by atoms with Crippen molar-refractivity contribution in [2.75, 3.05) is 25.1 Å². The predicted octanol–water partition coefficient (Wildman–Crippen LogP) is -0.164. The summed E-state index contributed by atoms with van der Waals surface area (Å²) in [5, 5.41) is 4.28. The van der Waals surface area contributed by atoms with Gasteiger partial charge in [-0.15, -0.1) is 0 Å². The highest BCUT2D eigenvalue weighted by molar-refractivity contribution is 6.53. The van der Waals surface area contributed by atoms with E-state index in [-0.39, 0.29) is 5.69 Å². The number of hydrogen-bond donors (Lipinski definition) is 2. The molecule has 2 rings (SSSR count). The number of rotatable bonds is 5. The molecule has 0 aromatic heterocycles. The molecule has 0 unspecified atom stereocenters. The SMILES string of the molecule is CCNC(=O)NC(=O)CN1C(=O)C(=O)N(c2ccc(OC)cc2)C1=O. The third-order valence-electron chi connectivity index (χ3n) is 3.28. The van der Waals surface area contributed by atoms with Gasteiger partial charge in [-0.2, -0.15) is 0 Å². The molecular weight excluding hydrogens is 332 g/mol.